The van der Waals surface area contributed by atoms with E-state index in [1.165, 1.54) is 0 Å². The number of nitriles is 1. The number of hydrogen-bond acceptors (Lipinski definition) is 3. The molecule has 0 unspecified atom stereocenters. The van der Waals surface area contributed by atoms with Crippen molar-refractivity contribution in [3.8, 4) is 6.07 Å². The maximum Gasteiger partial charge on any atom is 0.123 e. The molecular weight excluding hydrogens is 116 g/mol. The molecule has 4 nitrogen and oxygen atoms in total. The molecule has 0 atom stereocenters. The average Bonchev–Trinajstić information content (AvgIpc) is 2.18. The smallest absolute Gasteiger partial charge is 0.123 e. The Morgan fingerprint density at radius 1 is 1.89 bits per heavy atom. The van der Waals surface area contributed by atoms with Crippen LogP contribution in [-0.2, 0) is 6.42 Å². The van der Waals surface area contributed by atoms with Gasteiger partial charge in [0.1, 0.15) is 5.82 Å². The average molecular weight is 122 g/mol. The number of hydrogen-bond donors (Lipinski definition) is 2. The molecule has 1 rings (SSSR count). The van der Waals surface area contributed by atoms with Crippen LogP contribution in [0.3, 0.4) is 0 Å². The summed E-state index contributed by atoms with van der Waals surface area (Å²) in [6, 6.07) is 1.97. The van der Waals surface area contributed by atoms with Crippen LogP contribution < -0.4 is 5.73 Å². The Balaban J connectivity index is 2.84. The molecule has 1 heterocycles. The lowest BCUT2D eigenvalue weighted by molar-refractivity contribution is 1.10. The van der Waals surface area contributed by atoms with Crippen molar-refractivity contribution in [2.24, 2.45) is 0 Å². The van der Waals surface area contributed by atoms with Crippen molar-refractivity contribution in [1.29, 1.82) is 5.26 Å². The first-order valence-electron chi connectivity index (χ1n) is 2.49. The number of nitrogens with zero attached hydrogens (tertiary/aromatic N) is 2. The van der Waals surface area contributed by atoms with Crippen LogP contribution in [0.4, 0.5) is 5.82 Å². The monoisotopic (exact) mass is 122 g/mol. The summed E-state index contributed by atoms with van der Waals surface area (Å²) in [6.07, 6.45) is 1.88. The minimum absolute atomic E-state index is 0.322. The number of nitrogen functional groups attached to an aromatic ring is 1. The van der Waals surface area contributed by atoms with Gasteiger partial charge in [-0.25, -0.2) is 0 Å². The molecule has 0 aliphatic carbocycles. The third-order valence-electron chi connectivity index (χ3n) is 1.02. The minimum Gasteiger partial charge on any atom is -0.384 e. The van der Waals surface area contributed by atoms with Crippen molar-refractivity contribution in [3.05, 3.63) is 11.8 Å². The number of aromatic amines is 1. The Hall–Kier alpha value is -1.50. The molecule has 4 heteroatoms. The highest BCUT2D eigenvalue weighted by Crippen LogP contribution is 2.04. The molecule has 0 saturated heterocycles. The van der Waals surface area contributed by atoms with E-state index in [2.05, 4.69) is 10.2 Å². The molecule has 0 fully saturated rings. The standard InChI is InChI=1S/C5H6N4/c6-2-1-4-3-8-9-5(4)7/h3H,1H2,(H3,7,8,9). The van der Waals surface area contributed by atoms with Gasteiger partial charge in [-0.2, -0.15) is 10.4 Å². The molecule has 3 N–H and O–H groups in total. The van der Waals surface area contributed by atoms with Gasteiger partial charge >= 0.3 is 0 Å². The van der Waals surface area contributed by atoms with Gasteiger partial charge in [0, 0.05) is 5.56 Å². The number of nitrogens with two attached hydrogens (primary N) is 1. The number of rotatable bonds is 1. The fraction of sp³-hybridized carbons (Fsp3) is 0.200. The van der Waals surface area contributed by atoms with Crippen LogP contribution in [0.1, 0.15) is 5.56 Å². The molecule has 0 amide bonds. The van der Waals surface area contributed by atoms with Gasteiger partial charge < -0.3 is 5.73 Å². The van der Waals surface area contributed by atoms with E-state index in [0.717, 1.165) is 5.56 Å². The summed E-state index contributed by atoms with van der Waals surface area (Å²) in [6.45, 7) is 0. The fourth-order valence-electron chi connectivity index (χ4n) is 0.547. The van der Waals surface area contributed by atoms with Gasteiger partial charge in [-0.1, -0.05) is 0 Å². The highest BCUT2D eigenvalue weighted by Gasteiger charge is 1.97. The second-order valence-corrected chi connectivity index (χ2v) is 1.64. The highest BCUT2D eigenvalue weighted by atomic mass is 15.1. The van der Waals surface area contributed by atoms with Crippen LogP contribution in [0, 0.1) is 11.3 Å². The van der Waals surface area contributed by atoms with Crippen LogP contribution in [0.2, 0.25) is 0 Å². The van der Waals surface area contributed by atoms with Crippen LogP contribution >= 0.6 is 0 Å². The lowest BCUT2D eigenvalue weighted by Crippen LogP contribution is -1.89. The van der Waals surface area contributed by atoms with Crippen molar-refractivity contribution in [2.45, 2.75) is 6.42 Å². The first kappa shape index (κ1) is 5.63. The van der Waals surface area contributed by atoms with Crippen LogP contribution in [-0.4, -0.2) is 10.2 Å². The van der Waals surface area contributed by atoms with Crippen molar-refractivity contribution >= 4 is 5.82 Å². The predicted molar refractivity (Wildman–Crippen MR) is 32.3 cm³/mol. The molecule has 0 saturated carbocycles. The Morgan fingerprint density at radius 2 is 2.67 bits per heavy atom. The topological polar surface area (TPSA) is 78.5 Å². The van der Waals surface area contributed by atoms with E-state index >= 15 is 0 Å². The third-order valence-corrected chi connectivity index (χ3v) is 1.02. The van der Waals surface area contributed by atoms with Gasteiger partial charge in [0.2, 0.25) is 0 Å². The van der Waals surface area contributed by atoms with E-state index < -0.39 is 0 Å². The third kappa shape index (κ3) is 0.995. The molecule has 1 aromatic rings. The van der Waals surface area contributed by atoms with Crippen molar-refractivity contribution in [1.82, 2.24) is 10.2 Å². The Bertz CT molecular complexity index is 231. The van der Waals surface area contributed by atoms with E-state index in [0.29, 0.717) is 12.2 Å². The lowest BCUT2D eigenvalue weighted by Gasteiger charge is -1.85. The fourth-order valence-corrected chi connectivity index (χ4v) is 0.547. The van der Waals surface area contributed by atoms with Gasteiger partial charge in [-0.3, -0.25) is 5.10 Å². The maximum atomic E-state index is 8.22. The zero-order valence-electron chi connectivity index (χ0n) is 4.76. The van der Waals surface area contributed by atoms with Crippen molar-refractivity contribution in [2.75, 3.05) is 5.73 Å². The molecule has 0 radical (unpaired) electrons. The quantitative estimate of drug-likeness (QED) is 0.552. The van der Waals surface area contributed by atoms with Gasteiger partial charge in [0.15, 0.2) is 0 Å². The van der Waals surface area contributed by atoms with E-state index in [-0.39, 0.29) is 0 Å². The van der Waals surface area contributed by atoms with Gasteiger partial charge in [0.25, 0.3) is 0 Å². The minimum atomic E-state index is 0.322. The summed E-state index contributed by atoms with van der Waals surface area (Å²) >= 11 is 0. The predicted octanol–water partition coefficient (Wildman–Crippen LogP) is 0.0580. The van der Waals surface area contributed by atoms with E-state index in [4.69, 9.17) is 11.0 Å². The number of H-pyrrole nitrogens is 1. The summed E-state index contributed by atoms with van der Waals surface area (Å²) in [5, 5.41) is 14.4. The Morgan fingerprint density at radius 3 is 3.11 bits per heavy atom. The van der Waals surface area contributed by atoms with Crippen molar-refractivity contribution < 1.29 is 0 Å². The second kappa shape index (κ2) is 2.18. The second-order valence-electron chi connectivity index (χ2n) is 1.64. The van der Waals surface area contributed by atoms with E-state index in [1.807, 2.05) is 6.07 Å². The zero-order valence-corrected chi connectivity index (χ0v) is 4.76. The van der Waals surface area contributed by atoms with Crippen LogP contribution in [0.25, 0.3) is 0 Å². The van der Waals surface area contributed by atoms with Crippen LogP contribution in [0.5, 0.6) is 0 Å². The van der Waals surface area contributed by atoms with Gasteiger partial charge in [-0.15, -0.1) is 0 Å². The summed E-state index contributed by atoms with van der Waals surface area (Å²) in [4.78, 5) is 0. The van der Waals surface area contributed by atoms with E-state index in [1.54, 1.807) is 6.20 Å². The molecule has 0 aromatic carbocycles. The summed E-state index contributed by atoms with van der Waals surface area (Å²) in [5.74, 6) is 0.483. The molecular formula is C5H6N4. The van der Waals surface area contributed by atoms with Gasteiger partial charge in [-0.05, 0) is 0 Å². The van der Waals surface area contributed by atoms with Crippen molar-refractivity contribution in [3.63, 3.8) is 0 Å². The number of aromatic nitrogens is 2. The van der Waals surface area contributed by atoms with Gasteiger partial charge in [0.05, 0.1) is 18.7 Å². The van der Waals surface area contributed by atoms with E-state index in [9.17, 15) is 0 Å². The molecule has 0 bridgehead atoms. The summed E-state index contributed by atoms with van der Waals surface area (Å²) in [7, 11) is 0. The molecule has 9 heavy (non-hydrogen) atoms. The molecule has 0 spiro atoms. The molecule has 0 aliphatic rings. The molecule has 0 aliphatic heterocycles. The Kier molecular flexibility index (Phi) is 1.36. The summed E-state index contributed by atoms with van der Waals surface area (Å²) in [5.41, 5.74) is 6.12. The lowest BCUT2D eigenvalue weighted by atomic mass is 10.2. The molecule has 46 valence electrons. The SMILES string of the molecule is N#CCc1cn[nH]c1N. The summed E-state index contributed by atoms with van der Waals surface area (Å²) < 4.78 is 0. The van der Waals surface area contributed by atoms with Crippen LogP contribution in [0.15, 0.2) is 6.20 Å². The Labute approximate surface area is 52.3 Å². The largest absolute Gasteiger partial charge is 0.384 e. The first-order chi connectivity index (χ1) is 4.34. The zero-order chi connectivity index (χ0) is 6.69. The maximum absolute atomic E-state index is 8.22. The normalized spacial score (nSPS) is 8.78. The highest BCUT2D eigenvalue weighted by molar-refractivity contribution is 5.38. The first-order valence-corrected chi connectivity index (χ1v) is 2.49. The number of anilines is 1. The molecule has 1 aromatic heterocycles. The number of nitrogens with one attached hydrogen (secondary N) is 1.